The lowest BCUT2D eigenvalue weighted by atomic mass is 9.95. The largest absolute Gasteiger partial charge is 0.371 e. The quantitative estimate of drug-likeness (QED) is 0.755. The molecule has 1 amide bonds. The predicted octanol–water partition coefficient (Wildman–Crippen LogP) is 4.95. The van der Waals surface area contributed by atoms with Crippen molar-refractivity contribution in [2.45, 2.75) is 45.4 Å². The van der Waals surface area contributed by atoms with Crippen LogP contribution >= 0.6 is 22.9 Å². The van der Waals surface area contributed by atoms with Crippen LogP contribution in [0.15, 0.2) is 24.3 Å². The van der Waals surface area contributed by atoms with E-state index in [1.54, 1.807) is 0 Å². The van der Waals surface area contributed by atoms with Crippen molar-refractivity contribution in [3.05, 3.63) is 34.3 Å². The normalized spacial score (nSPS) is 16.5. The Morgan fingerprint density at radius 2 is 2.15 bits per heavy atom. The first-order valence-electron chi connectivity index (χ1n) is 9.21. The Morgan fingerprint density at radius 3 is 2.85 bits per heavy atom. The molecule has 140 valence electrons. The van der Waals surface area contributed by atoms with Crippen LogP contribution in [0.4, 0.5) is 10.8 Å². The van der Waals surface area contributed by atoms with Crippen molar-refractivity contribution in [1.82, 2.24) is 10.2 Å². The van der Waals surface area contributed by atoms with Gasteiger partial charge >= 0.3 is 0 Å². The highest BCUT2D eigenvalue weighted by atomic mass is 35.5. The number of carbonyl (C=O) groups excluding carboxylic acids is 1. The number of amides is 1. The number of hydrogen-bond acceptors (Lipinski definition) is 5. The van der Waals surface area contributed by atoms with Crippen molar-refractivity contribution in [1.29, 1.82) is 0 Å². The van der Waals surface area contributed by atoms with Crippen LogP contribution in [0.25, 0.3) is 0 Å². The van der Waals surface area contributed by atoms with Crippen molar-refractivity contribution in [3.8, 4) is 0 Å². The van der Waals surface area contributed by atoms with E-state index in [2.05, 4.69) is 40.3 Å². The zero-order valence-corrected chi connectivity index (χ0v) is 16.8. The second kappa shape index (κ2) is 8.82. The van der Waals surface area contributed by atoms with E-state index >= 15 is 0 Å². The SMILES string of the molecule is CCCC(C)c1nnc(NC(=O)C2CCN(c3cccc(Cl)c3)CC2)s1. The van der Waals surface area contributed by atoms with Crippen LogP contribution in [-0.2, 0) is 4.79 Å². The summed E-state index contributed by atoms with van der Waals surface area (Å²) in [4.78, 5) is 14.8. The van der Waals surface area contributed by atoms with E-state index < -0.39 is 0 Å². The molecule has 1 N–H and O–H groups in total. The maximum atomic E-state index is 12.6. The summed E-state index contributed by atoms with van der Waals surface area (Å²) in [6.07, 6.45) is 3.87. The van der Waals surface area contributed by atoms with Crippen LogP contribution in [0.3, 0.4) is 0 Å². The molecule has 0 saturated carbocycles. The zero-order chi connectivity index (χ0) is 18.5. The molecule has 2 heterocycles. The van der Waals surface area contributed by atoms with E-state index in [9.17, 15) is 4.79 Å². The number of benzene rings is 1. The average Bonchev–Trinajstić information content (AvgIpc) is 3.11. The number of hydrogen-bond donors (Lipinski definition) is 1. The molecule has 1 fully saturated rings. The molecule has 1 aliphatic heterocycles. The maximum absolute atomic E-state index is 12.6. The van der Waals surface area contributed by atoms with Gasteiger partial charge in [0.1, 0.15) is 5.01 Å². The lowest BCUT2D eigenvalue weighted by molar-refractivity contribution is -0.120. The molecule has 0 aliphatic carbocycles. The minimum atomic E-state index is 0.0193. The number of nitrogens with one attached hydrogen (secondary N) is 1. The molecule has 1 aromatic carbocycles. The Kier molecular flexibility index (Phi) is 6.48. The van der Waals surface area contributed by atoms with Gasteiger partial charge in [-0.05, 0) is 37.5 Å². The number of aromatic nitrogens is 2. The van der Waals surface area contributed by atoms with E-state index in [1.807, 2.05) is 18.2 Å². The molecular formula is C19H25ClN4OS. The van der Waals surface area contributed by atoms with Crippen molar-refractivity contribution >= 4 is 39.7 Å². The second-order valence-corrected chi connectivity index (χ2v) is 8.31. The molecular weight excluding hydrogens is 368 g/mol. The fraction of sp³-hybridized carbons (Fsp3) is 0.526. The molecule has 7 heteroatoms. The molecule has 1 saturated heterocycles. The Balaban J connectivity index is 1.52. The van der Waals surface area contributed by atoms with Crippen LogP contribution in [0.2, 0.25) is 5.02 Å². The van der Waals surface area contributed by atoms with E-state index in [0.717, 1.165) is 54.5 Å². The zero-order valence-electron chi connectivity index (χ0n) is 15.2. The highest BCUT2D eigenvalue weighted by molar-refractivity contribution is 7.15. The first kappa shape index (κ1) is 19.1. The lowest BCUT2D eigenvalue weighted by Crippen LogP contribution is -2.38. The minimum absolute atomic E-state index is 0.0193. The van der Waals surface area contributed by atoms with Gasteiger partial charge in [0.15, 0.2) is 0 Å². The molecule has 2 aromatic rings. The van der Waals surface area contributed by atoms with E-state index in [-0.39, 0.29) is 11.8 Å². The Labute approximate surface area is 163 Å². The van der Waals surface area contributed by atoms with Crippen molar-refractivity contribution in [2.24, 2.45) is 5.92 Å². The molecule has 0 radical (unpaired) electrons. The molecule has 1 aromatic heterocycles. The van der Waals surface area contributed by atoms with Crippen molar-refractivity contribution in [2.75, 3.05) is 23.3 Å². The van der Waals surface area contributed by atoms with Gasteiger partial charge in [-0.2, -0.15) is 0 Å². The Hall–Kier alpha value is -1.66. The van der Waals surface area contributed by atoms with Gasteiger partial charge in [0, 0.05) is 35.6 Å². The number of halogens is 1. The summed E-state index contributed by atoms with van der Waals surface area (Å²) in [6, 6.07) is 7.88. The topological polar surface area (TPSA) is 58.1 Å². The third-order valence-corrected chi connectivity index (χ3v) is 6.16. The van der Waals surface area contributed by atoms with Crippen molar-refractivity contribution < 1.29 is 4.79 Å². The summed E-state index contributed by atoms with van der Waals surface area (Å²) in [6.45, 7) is 6.03. The number of rotatable bonds is 6. The maximum Gasteiger partial charge on any atom is 0.229 e. The first-order chi connectivity index (χ1) is 12.6. The van der Waals surface area contributed by atoms with E-state index in [0.29, 0.717) is 11.0 Å². The van der Waals surface area contributed by atoms with Gasteiger partial charge in [-0.1, -0.05) is 49.3 Å². The standard InChI is InChI=1S/C19H25ClN4OS/c1-3-5-13(2)18-22-23-19(26-18)21-17(25)14-8-10-24(11-9-14)16-7-4-6-15(20)12-16/h4,6-7,12-14H,3,5,8-11H2,1-2H3,(H,21,23,25). The van der Waals surface area contributed by atoms with Crippen LogP contribution in [0, 0.1) is 5.92 Å². The summed E-state index contributed by atoms with van der Waals surface area (Å²) in [7, 11) is 0. The summed E-state index contributed by atoms with van der Waals surface area (Å²) < 4.78 is 0. The van der Waals surface area contributed by atoms with Crippen LogP contribution < -0.4 is 10.2 Å². The third kappa shape index (κ3) is 4.74. The van der Waals surface area contributed by atoms with Crippen LogP contribution in [-0.4, -0.2) is 29.2 Å². The van der Waals surface area contributed by atoms with Gasteiger partial charge in [-0.25, -0.2) is 0 Å². The first-order valence-corrected chi connectivity index (χ1v) is 10.4. The summed E-state index contributed by atoms with van der Waals surface area (Å²) in [5.74, 6) is 0.469. The fourth-order valence-electron chi connectivity index (χ4n) is 3.32. The summed E-state index contributed by atoms with van der Waals surface area (Å²) >= 11 is 7.57. The minimum Gasteiger partial charge on any atom is -0.371 e. The highest BCUT2D eigenvalue weighted by Crippen LogP contribution is 2.29. The molecule has 1 unspecified atom stereocenters. The number of anilines is 2. The van der Waals surface area contributed by atoms with Crippen LogP contribution in [0.5, 0.6) is 0 Å². The van der Waals surface area contributed by atoms with Gasteiger partial charge in [0.05, 0.1) is 0 Å². The van der Waals surface area contributed by atoms with Gasteiger partial charge in [0.2, 0.25) is 11.0 Å². The number of carbonyl (C=O) groups is 1. The van der Waals surface area contributed by atoms with E-state index in [4.69, 9.17) is 11.6 Å². The molecule has 3 rings (SSSR count). The fourth-order valence-corrected chi connectivity index (χ4v) is 4.34. The monoisotopic (exact) mass is 392 g/mol. The summed E-state index contributed by atoms with van der Waals surface area (Å²) in [5, 5.41) is 13.7. The number of piperidine rings is 1. The van der Waals surface area contributed by atoms with Gasteiger partial charge in [-0.3, -0.25) is 4.79 Å². The average molecular weight is 393 g/mol. The second-order valence-electron chi connectivity index (χ2n) is 6.87. The Morgan fingerprint density at radius 1 is 1.38 bits per heavy atom. The lowest BCUT2D eigenvalue weighted by Gasteiger charge is -2.32. The number of nitrogens with zero attached hydrogens (tertiary/aromatic N) is 3. The van der Waals surface area contributed by atoms with Crippen molar-refractivity contribution in [3.63, 3.8) is 0 Å². The van der Waals surface area contributed by atoms with Gasteiger partial charge < -0.3 is 10.2 Å². The van der Waals surface area contributed by atoms with Gasteiger partial charge in [0.25, 0.3) is 0 Å². The van der Waals surface area contributed by atoms with Crippen LogP contribution in [0.1, 0.15) is 50.5 Å². The molecule has 5 nitrogen and oxygen atoms in total. The molecule has 1 aliphatic rings. The third-order valence-electron chi connectivity index (χ3n) is 4.85. The molecule has 0 spiro atoms. The molecule has 1 atom stereocenters. The highest BCUT2D eigenvalue weighted by Gasteiger charge is 2.26. The molecule has 26 heavy (non-hydrogen) atoms. The predicted molar refractivity (Wildman–Crippen MR) is 108 cm³/mol. The van der Waals surface area contributed by atoms with Gasteiger partial charge in [-0.15, -0.1) is 10.2 Å². The summed E-state index contributed by atoms with van der Waals surface area (Å²) in [5.41, 5.74) is 1.12. The Bertz CT molecular complexity index is 743. The molecule has 0 bridgehead atoms. The van der Waals surface area contributed by atoms with E-state index in [1.165, 1.54) is 11.3 Å². The smallest absolute Gasteiger partial charge is 0.229 e.